The molecule has 0 unspecified atom stereocenters. The fraction of sp³-hybridized carbons (Fsp3) is 0.350. The first kappa shape index (κ1) is 18.5. The molecule has 26 heavy (non-hydrogen) atoms. The van der Waals surface area contributed by atoms with Crippen LogP contribution in [-0.4, -0.2) is 51.7 Å². The molecule has 2 aromatic rings. The summed E-state index contributed by atoms with van der Waals surface area (Å²) in [6.07, 6.45) is 1.14. The predicted molar refractivity (Wildman–Crippen MR) is 104 cm³/mol. The van der Waals surface area contributed by atoms with Crippen molar-refractivity contribution in [2.45, 2.75) is 18.7 Å². The van der Waals surface area contributed by atoms with Gasteiger partial charge in [-0.1, -0.05) is 24.3 Å². The molecule has 5 nitrogen and oxygen atoms in total. The smallest absolute Gasteiger partial charge is 0.255 e. The molecule has 0 spiro atoms. The van der Waals surface area contributed by atoms with Crippen LogP contribution in [-0.2, 0) is 9.84 Å². The Balaban J connectivity index is 1.77. The van der Waals surface area contributed by atoms with Gasteiger partial charge in [0.15, 0.2) is 9.84 Å². The van der Waals surface area contributed by atoms with Gasteiger partial charge in [-0.05, 0) is 43.2 Å². The van der Waals surface area contributed by atoms with Crippen molar-refractivity contribution in [1.82, 2.24) is 4.90 Å². The zero-order valence-electron chi connectivity index (χ0n) is 15.4. The molecule has 1 saturated heterocycles. The monoisotopic (exact) mass is 372 g/mol. The van der Waals surface area contributed by atoms with Crippen LogP contribution < -0.4 is 4.90 Å². The first-order chi connectivity index (χ1) is 12.3. The van der Waals surface area contributed by atoms with Crippen molar-refractivity contribution in [3.05, 3.63) is 59.2 Å². The second kappa shape index (κ2) is 7.11. The lowest BCUT2D eigenvalue weighted by Gasteiger charge is -2.37. The molecule has 0 aliphatic carbocycles. The number of benzene rings is 2. The van der Waals surface area contributed by atoms with E-state index in [0.717, 1.165) is 19.3 Å². The number of piperazine rings is 1. The second-order valence-electron chi connectivity index (χ2n) is 6.77. The minimum atomic E-state index is -3.44. The molecule has 0 radical (unpaired) electrons. The van der Waals surface area contributed by atoms with Crippen molar-refractivity contribution in [1.29, 1.82) is 0 Å². The highest BCUT2D eigenvalue weighted by Gasteiger charge is 2.26. The van der Waals surface area contributed by atoms with E-state index in [9.17, 15) is 13.2 Å². The molecular formula is C20H24N2O3S. The third-order valence-corrected chi connectivity index (χ3v) is 6.16. The lowest BCUT2D eigenvalue weighted by atomic mass is 10.1. The predicted octanol–water partition coefficient (Wildman–Crippen LogP) is 2.67. The highest BCUT2D eigenvalue weighted by molar-refractivity contribution is 7.90. The van der Waals surface area contributed by atoms with E-state index < -0.39 is 9.84 Å². The Hall–Kier alpha value is -2.34. The van der Waals surface area contributed by atoms with Crippen molar-refractivity contribution < 1.29 is 13.2 Å². The molecule has 0 bridgehead atoms. The Labute approximate surface area is 155 Å². The molecule has 1 heterocycles. The van der Waals surface area contributed by atoms with Gasteiger partial charge in [0.05, 0.1) is 10.5 Å². The van der Waals surface area contributed by atoms with E-state index in [-0.39, 0.29) is 16.4 Å². The summed E-state index contributed by atoms with van der Waals surface area (Å²) in [6.45, 7) is 6.83. The SMILES string of the molecule is Cc1cccc(N2CCN(C(=O)c3ccccc3S(C)(=O)=O)CC2)c1C. The number of amides is 1. The molecule has 138 valence electrons. The van der Waals surface area contributed by atoms with Crippen LogP contribution in [0.3, 0.4) is 0 Å². The summed E-state index contributed by atoms with van der Waals surface area (Å²) in [5, 5.41) is 0. The summed E-state index contributed by atoms with van der Waals surface area (Å²) < 4.78 is 23.9. The maximum Gasteiger partial charge on any atom is 0.255 e. The summed E-state index contributed by atoms with van der Waals surface area (Å²) in [5.41, 5.74) is 3.97. The minimum Gasteiger partial charge on any atom is -0.368 e. The van der Waals surface area contributed by atoms with Crippen LogP contribution in [0, 0.1) is 13.8 Å². The fourth-order valence-corrected chi connectivity index (χ4v) is 4.25. The quantitative estimate of drug-likeness (QED) is 0.831. The number of rotatable bonds is 3. The zero-order chi connectivity index (χ0) is 18.9. The lowest BCUT2D eigenvalue weighted by molar-refractivity contribution is 0.0743. The van der Waals surface area contributed by atoms with Crippen molar-refractivity contribution in [3.8, 4) is 0 Å². The van der Waals surface area contributed by atoms with Gasteiger partial charge < -0.3 is 9.80 Å². The molecule has 0 saturated carbocycles. The molecule has 0 N–H and O–H groups in total. The van der Waals surface area contributed by atoms with Crippen LogP contribution in [0.15, 0.2) is 47.4 Å². The number of nitrogens with zero attached hydrogens (tertiary/aromatic N) is 2. The maximum absolute atomic E-state index is 12.9. The molecular weight excluding hydrogens is 348 g/mol. The maximum atomic E-state index is 12.9. The van der Waals surface area contributed by atoms with E-state index in [4.69, 9.17) is 0 Å². The first-order valence-corrected chi connectivity index (χ1v) is 10.6. The van der Waals surface area contributed by atoms with Gasteiger partial charge in [0, 0.05) is 38.1 Å². The molecule has 1 amide bonds. The number of anilines is 1. The Morgan fingerprint density at radius 3 is 2.23 bits per heavy atom. The average Bonchev–Trinajstić information content (AvgIpc) is 2.63. The fourth-order valence-electron chi connectivity index (χ4n) is 3.37. The normalized spacial score (nSPS) is 15.2. The summed E-state index contributed by atoms with van der Waals surface area (Å²) >= 11 is 0. The molecule has 0 atom stereocenters. The number of sulfone groups is 1. The van der Waals surface area contributed by atoms with Gasteiger partial charge in [0.2, 0.25) is 0 Å². The molecule has 2 aromatic carbocycles. The van der Waals surface area contributed by atoms with Crippen LogP contribution >= 0.6 is 0 Å². The Morgan fingerprint density at radius 1 is 0.923 bits per heavy atom. The zero-order valence-corrected chi connectivity index (χ0v) is 16.2. The van der Waals surface area contributed by atoms with E-state index in [2.05, 4.69) is 36.9 Å². The van der Waals surface area contributed by atoms with Gasteiger partial charge in [-0.2, -0.15) is 0 Å². The van der Waals surface area contributed by atoms with Gasteiger partial charge in [-0.3, -0.25) is 4.79 Å². The van der Waals surface area contributed by atoms with E-state index in [1.54, 1.807) is 23.1 Å². The highest BCUT2D eigenvalue weighted by Crippen LogP contribution is 2.25. The second-order valence-corrected chi connectivity index (χ2v) is 8.75. The van der Waals surface area contributed by atoms with Crippen LogP contribution in [0.2, 0.25) is 0 Å². The highest BCUT2D eigenvalue weighted by atomic mass is 32.2. The Kier molecular flexibility index (Phi) is 5.05. The molecule has 1 aliphatic rings. The number of hydrogen-bond donors (Lipinski definition) is 0. The van der Waals surface area contributed by atoms with Gasteiger partial charge in [0.25, 0.3) is 5.91 Å². The molecule has 1 fully saturated rings. The molecule has 3 rings (SSSR count). The largest absolute Gasteiger partial charge is 0.368 e. The third-order valence-electron chi connectivity index (χ3n) is 5.00. The van der Waals surface area contributed by atoms with Crippen LogP contribution in [0.1, 0.15) is 21.5 Å². The molecule has 0 aromatic heterocycles. The summed E-state index contributed by atoms with van der Waals surface area (Å²) in [5.74, 6) is -0.216. The molecule has 6 heteroatoms. The van der Waals surface area contributed by atoms with Gasteiger partial charge >= 0.3 is 0 Å². The summed E-state index contributed by atoms with van der Waals surface area (Å²) in [6, 6.07) is 12.7. The minimum absolute atomic E-state index is 0.0990. The van der Waals surface area contributed by atoms with Crippen molar-refractivity contribution >= 4 is 21.4 Å². The lowest BCUT2D eigenvalue weighted by Crippen LogP contribution is -2.49. The number of hydrogen-bond acceptors (Lipinski definition) is 4. The molecule has 1 aliphatic heterocycles. The van der Waals surface area contributed by atoms with Crippen LogP contribution in [0.25, 0.3) is 0 Å². The van der Waals surface area contributed by atoms with Gasteiger partial charge in [0.1, 0.15) is 0 Å². The summed E-state index contributed by atoms with van der Waals surface area (Å²) in [7, 11) is -3.44. The Bertz CT molecular complexity index is 930. The van der Waals surface area contributed by atoms with Gasteiger partial charge in [-0.25, -0.2) is 8.42 Å². The van der Waals surface area contributed by atoms with E-state index in [1.165, 1.54) is 22.9 Å². The average molecular weight is 372 g/mol. The number of aryl methyl sites for hydroxylation is 1. The van der Waals surface area contributed by atoms with E-state index >= 15 is 0 Å². The number of carbonyl (C=O) groups is 1. The van der Waals surface area contributed by atoms with Crippen LogP contribution in [0.5, 0.6) is 0 Å². The first-order valence-electron chi connectivity index (χ1n) is 8.68. The van der Waals surface area contributed by atoms with Crippen LogP contribution in [0.4, 0.5) is 5.69 Å². The topological polar surface area (TPSA) is 57.7 Å². The van der Waals surface area contributed by atoms with Gasteiger partial charge in [-0.15, -0.1) is 0 Å². The standard InChI is InChI=1S/C20H24N2O3S/c1-15-7-6-9-18(16(15)2)21-11-13-22(14-12-21)20(23)17-8-4-5-10-19(17)26(3,24)25/h4-10H,11-14H2,1-3H3. The van der Waals surface area contributed by atoms with Crippen molar-refractivity contribution in [3.63, 3.8) is 0 Å². The van der Waals surface area contributed by atoms with E-state index in [1.807, 2.05) is 0 Å². The van der Waals surface area contributed by atoms with Crippen molar-refractivity contribution in [2.24, 2.45) is 0 Å². The Morgan fingerprint density at radius 2 is 1.58 bits per heavy atom. The summed E-state index contributed by atoms with van der Waals surface area (Å²) in [4.78, 5) is 17.0. The van der Waals surface area contributed by atoms with E-state index in [0.29, 0.717) is 13.1 Å². The number of carbonyl (C=O) groups excluding carboxylic acids is 1. The van der Waals surface area contributed by atoms with Crippen molar-refractivity contribution in [2.75, 3.05) is 37.3 Å². The third kappa shape index (κ3) is 3.60.